The van der Waals surface area contributed by atoms with Crippen LogP contribution in [0, 0.1) is 0 Å². The van der Waals surface area contributed by atoms with Gasteiger partial charge in [-0.3, -0.25) is 5.10 Å². The molecule has 0 saturated carbocycles. The molecule has 2 N–H and O–H groups in total. The molecule has 7 heteroatoms. The van der Waals surface area contributed by atoms with E-state index in [1.165, 1.54) is 0 Å². The van der Waals surface area contributed by atoms with Crippen molar-refractivity contribution in [1.29, 1.82) is 0 Å². The monoisotopic (exact) mass is 324 g/mol. The highest BCUT2D eigenvalue weighted by Crippen LogP contribution is 2.24. The molecule has 0 radical (unpaired) electrons. The van der Waals surface area contributed by atoms with Crippen molar-refractivity contribution in [2.45, 2.75) is 32.0 Å². The first-order chi connectivity index (χ1) is 11.8. The van der Waals surface area contributed by atoms with E-state index in [1.54, 1.807) is 13.4 Å². The molecule has 0 spiro atoms. The molecule has 1 unspecified atom stereocenters. The summed E-state index contributed by atoms with van der Waals surface area (Å²) in [6.07, 6.45) is 5.56. The Morgan fingerprint density at radius 3 is 3.04 bits per heavy atom. The molecule has 1 aliphatic heterocycles. The fraction of sp³-hybridized carbons (Fsp3) is 0.353. The number of fused-ring (bicyclic) bond motifs is 1. The Hall–Kier alpha value is -2.67. The Labute approximate surface area is 140 Å². The van der Waals surface area contributed by atoms with Crippen LogP contribution >= 0.6 is 0 Å². The van der Waals surface area contributed by atoms with Crippen LogP contribution < -0.4 is 10.1 Å². The second-order valence-corrected chi connectivity index (χ2v) is 5.97. The van der Waals surface area contributed by atoms with E-state index in [2.05, 4.69) is 25.6 Å². The highest BCUT2D eigenvalue weighted by molar-refractivity contribution is 5.63. The van der Waals surface area contributed by atoms with Gasteiger partial charge in [0.05, 0.1) is 25.5 Å². The van der Waals surface area contributed by atoms with Crippen LogP contribution in [0.2, 0.25) is 0 Å². The van der Waals surface area contributed by atoms with Crippen LogP contribution in [0.25, 0.3) is 11.3 Å². The summed E-state index contributed by atoms with van der Waals surface area (Å²) in [4.78, 5) is 4.27. The van der Waals surface area contributed by atoms with Crippen LogP contribution in [0.3, 0.4) is 0 Å². The SMILES string of the molecule is COc1ccc(-c2[nH]ncc2CNC2CCc3ncnn3C2)cc1. The third-order valence-corrected chi connectivity index (χ3v) is 4.48. The first-order valence-corrected chi connectivity index (χ1v) is 8.10. The second-order valence-electron chi connectivity index (χ2n) is 5.97. The Balaban J connectivity index is 1.43. The molecule has 1 atom stereocenters. The number of aryl methyl sites for hydroxylation is 1. The van der Waals surface area contributed by atoms with Crippen LogP contribution in [-0.2, 0) is 19.5 Å². The number of aromatic nitrogens is 5. The van der Waals surface area contributed by atoms with Crippen LogP contribution in [0.1, 0.15) is 17.8 Å². The van der Waals surface area contributed by atoms with E-state index >= 15 is 0 Å². The zero-order valence-corrected chi connectivity index (χ0v) is 13.6. The molecule has 3 aromatic rings. The van der Waals surface area contributed by atoms with Crippen molar-refractivity contribution in [2.75, 3.05) is 7.11 Å². The minimum Gasteiger partial charge on any atom is -0.497 e. The summed E-state index contributed by atoms with van der Waals surface area (Å²) < 4.78 is 7.20. The molecular formula is C17H20N6O. The van der Waals surface area contributed by atoms with E-state index < -0.39 is 0 Å². The average molecular weight is 324 g/mol. The molecule has 0 bridgehead atoms. The van der Waals surface area contributed by atoms with E-state index in [0.717, 1.165) is 54.3 Å². The summed E-state index contributed by atoms with van der Waals surface area (Å²) >= 11 is 0. The Bertz CT molecular complexity index is 807. The predicted molar refractivity (Wildman–Crippen MR) is 89.5 cm³/mol. The number of H-pyrrole nitrogens is 1. The van der Waals surface area contributed by atoms with Gasteiger partial charge in [-0.25, -0.2) is 9.67 Å². The standard InChI is InChI=1S/C17H20N6O/c1-24-15-5-2-12(3-6-15)17-13(9-20-22-17)8-18-14-4-7-16-19-11-21-23(16)10-14/h2-3,5-6,9,11,14,18H,4,7-8,10H2,1H3,(H,20,22). The summed E-state index contributed by atoms with van der Waals surface area (Å²) in [5.41, 5.74) is 3.30. The Kier molecular flexibility index (Phi) is 4.00. The number of rotatable bonds is 5. The molecule has 4 rings (SSSR count). The Morgan fingerprint density at radius 2 is 2.21 bits per heavy atom. The number of ether oxygens (including phenoxy) is 1. The summed E-state index contributed by atoms with van der Waals surface area (Å²) in [5.74, 6) is 1.93. The van der Waals surface area contributed by atoms with Gasteiger partial charge < -0.3 is 10.1 Å². The maximum Gasteiger partial charge on any atom is 0.138 e. The van der Waals surface area contributed by atoms with Crippen molar-refractivity contribution in [3.63, 3.8) is 0 Å². The quantitative estimate of drug-likeness (QED) is 0.748. The number of hydrogen-bond acceptors (Lipinski definition) is 5. The van der Waals surface area contributed by atoms with Gasteiger partial charge in [0.15, 0.2) is 0 Å². The zero-order chi connectivity index (χ0) is 16.4. The normalized spacial score (nSPS) is 16.8. The number of benzene rings is 1. The molecular weight excluding hydrogens is 304 g/mol. The van der Waals surface area contributed by atoms with Gasteiger partial charge in [-0.15, -0.1) is 0 Å². The number of aromatic amines is 1. The van der Waals surface area contributed by atoms with Gasteiger partial charge in [-0.1, -0.05) is 0 Å². The van der Waals surface area contributed by atoms with Crippen molar-refractivity contribution in [2.24, 2.45) is 0 Å². The molecule has 0 fully saturated rings. The molecule has 0 amide bonds. The third kappa shape index (κ3) is 2.90. The minimum absolute atomic E-state index is 0.401. The molecule has 3 heterocycles. The van der Waals surface area contributed by atoms with Crippen LogP contribution in [0.4, 0.5) is 0 Å². The van der Waals surface area contributed by atoms with Crippen molar-refractivity contribution in [3.05, 3.63) is 48.2 Å². The highest BCUT2D eigenvalue weighted by atomic mass is 16.5. The summed E-state index contributed by atoms with van der Waals surface area (Å²) in [6, 6.07) is 8.40. The molecule has 0 aliphatic carbocycles. The van der Waals surface area contributed by atoms with E-state index in [4.69, 9.17) is 4.74 Å². The molecule has 24 heavy (non-hydrogen) atoms. The molecule has 2 aromatic heterocycles. The maximum absolute atomic E-state index is 5.21. The van der Waals surface area contributed by atoms with Gasteiger partial charge in [0.1, 0.15) is 17.9 Å². The molecule has 0 saturated heterocycles. The fourth-order valence-corrected chi connectivity index (χ4v) is 3.11. The molecule has 7 nitrogen and oxygen atoms in total. The highest BCUT2D eigenvalue weighted by Gasteiger charge is 2.19. The first-order valence-electron chi connectivity index (χ1n) is 8.10. The van der Waals surface area contributed by atoms with Crippen LogP contribution in [0.15, 0.2) is 36.8 Å². The summed E-state index contributed by atoms with van der Waals surface area (Å²) in [7, 11) is 1.67. The van der Waals surface area contributed by atoms with Gasteiger partial charge >= 0.3 is 0 Å². The first kappa shape index (κ1) is 14.9. The number of methoxy groups -OCH3 is 1. The van der Waals surface area contributed by atoms with Gasteiger partial charge in [-0.2, -0.15) is 10.2 Å². The second kappa shape index (κ2) is 6.45. The molecule has 1 aliphatic rings. The lowest BCUT2D eigenvalue weighted by atomic mass is 10.1. The van der Waals surface area contributed by atoms with E-state index in [0.29, 0.717) is 6.04 Å². The number of nitrogens with zero attached hydrogens (tertiary/aromatic N) is 4. The lowest BCUT2D eigenvalue weighted by molar-refractivity contribution is 0.358. The van der Waals surface area contributed by atoms with Gasteiger partial charge in [0.25, 0.3) is 0 Å². The largest absolute Gasteiger partial charge is 0.497 e. The van der Waals surface area contributed by atoms with Crippen molar-refractivity contribution < 1.29 is 4.74 Å². The Morgan fingerprint density at radius 1 is 1.33 bits per heavy atom. The number of hydrogen-bond donors (Lipinski definition) is 2. The van der Waals surface area contributed by atoms with E-state index in [1.807, 2.05) is 35.1 Å². The summed E-state index contributed by atoms with van der Waals surface area (Å²) in [5, 5.41) is 15.2. The third-order valence-electron chi connectivity index (χ3n) is 4.48. The maximum atomic E-state index is 5.21. The fourth-order valence-electron chi connectivity index (χ4n) is 3.11. The lowest BCUT2D eigenvalue weighted by Gasteiger charge is -2.23. The minimum atomic E-state index is 0.401. The van der Waals surface area contributed by atoms with E-state index in [9.17, 15) is 0 Å². The summed E-state index contributed by atoms with van der Waals surface area (Å²) in [6.45, 7) is 1.64. The van der Waals surface area contributed by atoms with Crippen molar-refractivity contribution in [3.8, 4) is 17.0 Å². The average Bonchev–Trinajstić information content (AvgIpc) is 3.28. The van der Waals surface area contributed by atoms with Crippen LogP contribution in [0.5, 0.6) is 5.75 Å². The van der Waals surface area contributed by atoms with Crippen LogP contribution in [-0.4, -0.2) is 38.1 Å². The topological polar surface area (TPSA) is 80.7 Å². The van der Waals surface area contributed by atoms with Gasteiger partial charge in [0.2, 0.25) is 0 Å². The smallest absolute Gasteiger partial charge is 0.138 e. The van der Waals surface area contributed by atoms with Crippen molar-refractivity contribution in [1.82, 2.24) is 30.3 Å². The van der Waals surface area contributed by atoms with Crippen molar-refractivity contribution >= 4 is 0 Å². The van der Waals surface area contributed by atoms with Gasteiger partial charge in [-0.05, 0) is 30.7 Å². The predicted octanol–water partition coefficient (Wildman–Crippen LogP) is 1.78. The number of nitrogens with one attached hydrogen (secondary N) is 2. The molecule has 124 valence electrons. The lowest BCUT2D eigenvalue weighted by Crippen LogP contribution is -2.37. The zero-order valence-electron chi connectivity index (χ0n) is 13.6. The van der Waals surface area contributed by atoms with E-state index in [-0.39, 0.29) is 0 Å². The van der Waals surface area contributed by atoms with Gasteiger partial charge in [0, 0.05) is 30.1 Å². The molecule has 1 aromatic carbocycles.